The number of hydrogen-bond acceptors (Lipinski definition) is 2. The van der Waals surface area contributed by atoms with Gasteiger partial charge in [-0.25, -0.2) is 0 Å². The Morgan fingerprint density at radius 2 is 2.11 bits per heavy atom. The van der Waals surface area contributed by atoms with E-state index in [2.05, 4.69) is 0 Å². The van der Waals surface area contributed by atoms with Crippen molar-refractivity contribution in [2.45, 2.75) is 9.77 Å². The Labute approximate surface area is 71.6 Å². The van der Waals surface area contributed by atoms with Crippen LogP contribution in [0.1, 0.15) is 0 Å². The van der Waals surface area contributed by atoms with Gasteiger partial charge in [0.2, 0.25) is 0 Å². The summed E-state index contributed by atoms with van der Waals surface area (Å²) in [4.78, 5) is 14.3. The molecule has 0 aromatic carbocycles. The molecule has 1 aliphatic heterocycles. The van der Waals surface area contributed by atoms with Crippen LogP contribution in [0.5, 0.6) is 0 Å². The van der Waals surface area contributed by atoms with Crippen LogP contribution >= 0.6 is 8.25 Å². The van der Waals surface area contributed by atoms with Gasteiger partial charge in [-0.3, -0.25) is 4.57 Å². The molecule has 0 aromatic heterocycles. The van der Waals surface area contributed by atoms with Gasteiger partial charge in [-0.15, -0.1) is 0 Å². The molecular weight excluding hydrogens is 154 g/mol. The van der Waals surface area contributed by atoms with Crippen molar-refractivity contribution in [2.75, 3.05) is 6.61 Å². The molecule has 2 N–H and O–H groups in total. The van der Waals surface area contributed by atoms with E-state index >= 15 is 0 Å². The van der Waals surface area contributed by atoms with E-state index in [1.54, 1.807) is 0 Å². The van der Waals surface area contributed by atoms with Crippen LogP contribution in [0.25, 0.3) is 0 Å². The predicted octanol–water partition coefficient (Wildman–Crippen LogP) is -0.667. The van der Waals surface area contributed by atoms with Gasteiger partial charge in [0.25, 0.3) is 0 Å². The summed E-state index contributed by atoms with van der Waals surface area (Å²) in [6.45, 7) is 1.05. The van der Waals surface area contributed by atoms with Gasteiger partial charge >= 0.3 is 57.3 Å². The van der Waals surface area contributed by atoms with Crippen LogP contribution in [0.2, 0.25) is 3.67 Å². The van der Waals surface area contributed by atoms with E-state index in [1.807, 2.05) is 0 Å². The molecule has 0 spiro atoms. The summed E-state index contributed by atoms with van der Waals surface area (Å²) in [5.74, 6) is 0. The van der Waals surface area contributed by atoms with Crippen molar-refractivity contribution in [2.24, 2.45) is 0 Å². The maximum absolute atomic E-state index is 8.74. The van der Waals surface area contributed by atoms with Gasteiger partial charge in [0.15, 0.2) is 0 Å². The summed E-state index contributed by atoms with van der Waals surface area (Å²) in [6, 6.07) is 0. The van der Waals surface area contributed by atoms with Gasteiger partial charge in [0.1, 0.15) is 0 Å². The minimum atomic E-state index is -3.13. The van der Waals surface area contributed by atoms with Crippen molar-refractivity contribution in [3.8, 4) is 0 Å². The molecule has 0 aromatic rings. The number of ether oxygens (including phenoxy) is 1. The van der Waals surface area contributed by atoms with Crippen LogP contribution in [0.15, 0.2) is 0 Å². The van der Waals surface area contributed by atoms with Gasteiger partial charge < -0.3 is 9.79 Å². The first-order valence-corrected chi connectivity index (χ1v) is 5.42. The standard InChI is InChI=1S/C3H5O.Na.H3O3P/c1-3-2-4-3;;1-4(2)3/h3H,1-2H2;;4H,(H2,1,2,3). The number of epoxide rings is 1. The second-order valence-electron chi connectivity index (χ2n) is 1.65. The fourth-order valence-electron chi connectivity index (χ4n) is 0.304. The summed E-state index contributed by atoms with van der Waals surface area (Å²) in [5, 5.41) is 0. The van der Waals surface area contributed by atoms with Crippen LogP contribution in [-0.4, -0.2) is 50.4 Å². The zero-order valence-corrected chi connectivity index (χ0v) is 8.20. The third-order valence-electron chi connectivity index (χ3n) is 0.858. The fraction of sp³-hybridized carbons (Fsp3) is 1.00. The van der Waals surface area contributed by atoms with Gasteiger partial charge in [0, 0.05) is 0 Å². The third-order valence-corrected chi connectivity index (χ3v) is 1.77. The molecule has 0 aliphatic carbocycles. The molecule has 4 nitrogen and oxygen atoms in total. The second-order valence-corrected chi connectivity index (χ2v) is 3.03. The first-order valence-electron chi connectivity index (χ1n) is 2.70. The molecule has 1 rings (SSSR count). The molecule has 0 radical (unpaired) electrons. The fourth-order valence-corrected chi connectivity index (χ4v) is 0.775. The molecule has 9 heavy (non-hydrogen) atoms. The SMILES string of the molecule is O=[PH](O)O.[Na][CH2]C1CO1. The Morgan fingerprint density at radius 3 is 2.11 bits per heavy atom. The molecule has 0 bridgehead atoms. The first kappa shape index (κ1) is 10.1. The van der Waals surface area contributed by atoms with E-state index in [4.69, 9.17) is 19.1 Å². The normalized spacial score (nSPS) is 23.0. The van der Waals surface area contributed by atoms with E-state index in [9.17, 15) is 0 Å². The van der Waals surface area contributed by atoms with Crippen molar-refractivity contribution in [3.05, 3.63) is 0 Å². The molecule has 1 heterocycles. The van der Waals surface area contributed by atoms with E-state index < -0.39 is 8.25 Å². The Balaban J connectivity index is 0.000000148. The van der Waals surface area contributed by atoms with Gasteiger partial charge in [-0.1, -0.05) is 0 Å². The summed E-state index contributed by atoms with van der Waals surface area (Å²) in [5.41, 5.74) is 0. The van der Waals surface area contributed by atoms with E-state index in [-0.39, 0.29) is 0 Å². The molecule has 1 fully saturated rings. The zero-order chi connectivity index (χ0) is 7.28. The molecule has 1 atom stereocenters. The average Bonchev–Trinajstić information content (AvgIpc) is 2.43. The Hall–Kier alpha value is 1.11. The van der Waals surface area contributed by atoms with Gasteiger partial charge in [0.05, 0.1) is 0 Å². The van der Waals surface area contributed by atoms with Crippen LogP contribution in [0, 0.1) is 0 Å². The van der Waals surface area contributed by atoms with Crippen molar-refractivity contribution in [3.63, 3.8) is 0 Å². The molecule has 6 heteroatoms. The van der Waals surface area contributed by atoms with Crippen LogP contribution in [-0.2, 0) is 9.30 Å². The van der Waals surface area contributed by atoms with Crippen molar-refractivity contribution >= 4 is 36.2 Å². The molecule has 0 saturated carbocycles. The van der Waals surface area contributed by atoms with Crippen molar-refractivity contribution < 1.29 is 19.1 Å². The molecule has 50 valence electrons. The second kappa shape index (κ2) is 5.86. The van der Waals surface area contributed by atoms with Crippen LogP contribution < -0.4 is 0 Å². The van der Waals surface area contributed by atoms with Crippen molar-refractivity contribution in [1.29, 1.82) is 0 Å². The zero-order valence-electron chi connectivity index (χ0n) is 5.20. The summed E-state index contributed by atoms with van der Waals surface area (Å²) >= 11 is 1.31. The molecular formula is C3H8NaO4P. The topological polar surface area (TPSA) is 70.1 Å². The third kappa shape index (κ3) is 12.3. The maximum atomic E-state index is 8.74. The summed E-state index contributed by atoms with van der Waals surface area (Å²) in [7, 11) is -3.13. The quantitative estimate of drug-likeness (QED) is 0.305. The number of hydrogen-bond donors (Lipinski definition) is 2. The van der Waals surface area contributed by atoms with Gasteiger partial charge in [-0.2, -0.15) is 0 Å². The number of rotatable bonds is 1. The Bertz CT molecular complexity index is 89.8. The first-order chi connectivity index (χ1) is 4.16. The molecule has 1 aliphatic rings. The van der Waals surface area contributed by atoms with Crippen molar-refractivity contribution in [1.82, 2.24) is 0 Å². The predicted molar refractivity (Wildman–Crippen MR) is 33.7 cm³/mol. The van der Waals surface area contributed by atoms with E-state index in [1.165, 1.54) is 31.6 Å². The van der Waals surface area contributed by atoms with Crippen LogP contribution in [0.4, 0.5) is 0 Å². The van der Waals surface area contributed by atoms with Gasteiger partial charge in [-0.05, 0) is 0 Å². The van der Waals surface area contributed by atoms with E-state index in [0.29, 0.717) is 6.10 Å². The van der Waals surface area contributed by atoms with E-state index in [0.717, 1.165) is 6.61 Å². The monoisotopic (exact) mass is 162 g/mol. The Kier molecular flexibility index (Phi) is 6.59. The molecule has 1 unspecified atom stereocenters. The Morgan fingerprint density at radius 1 is 1.78 bits per heavy atom. The molecule has 1 saturated heterocycles. The summed E-state index contributed by atoms with van der Waals surface area (Å²) in [6.07, 6.45) is 0.696. The average molecular weight is 162 g/mol. The summed E-state index contributed by atoms with van der Waals surface area (Å²) < 4.78 is 15.0. The minimum absolute atomic E-state index is 0.696. The van der Waals surface area contributed by atoms with Crippen LogP contribution in [0.3, 0.4) is 0 Å². The molecule has 0 amide bonds.